The van der Waals surface area contributed by atoms with Gasteiger partial charge in [0.1, 0.15) is 6.54 Å². The van der Waals surface area contributed by atoms with Crippen molar-refractivity contribution in [3.05, 3.63) is 69.7 Å². The molecule has 2 aromatic carbocycles. The molecule has 0 N–H and O–H groups in total. The highest BCUT2D eigenvalue weighted by Gasteiger charge is 2.36. The normalized spacial score (nSPS) is 14.1. The number of rotatable bonds is 5. The van der Waals surface area contributed by atoms with Gasteiger partial charge in [-0.2, -0.15) is 5.01 Å². The minimum Gasteiger partial charge on any atom is -0.292 e. The van der Waals surface area contributed by atoms with E-state index in [2.05, 4.69) is 0 Å². The van der Waals surface area contributed by atoms with Crippen LogP contribution in [-0.4, -0.2) is 40.1 Å². The Hall–Kier alpha value is -2.99. The number of amides is 3. The predicted octanol–water partition coefficient (Wildman–Crippen LogP) is 3.74. The molecular formula is C22H21ClN2O4. The molecule has 29 heavy (non-hydrogen) atoms. The van der Waals surface area contributed by atoms with Crippen molar-refractivity contribution in [1.29, 1.82) is 0 Å². The second-order valence-corrected chi connectivity index (χ2v) is 7.48. The van der Waals surface area contributed by atoms with Gasteiger partial charge in [-0.25, -0.2) is 5.01 Å². The number of ketones is 1. The fourth-order valence-electron chi connectivity index (χ4n) is 3.13. The summed E-state index contributed by atoms with van der Waals surface area (Å²) in [6.07, 6.45) is 0.726. The fourth-order valence-corrected chi connectivity index (χ4v) is 3.25. The van der Waals surface area contributed by atoms with Crippen molar-refractivity contribution in [1.82, 2.24) is 10.0 Å². The quantitative estimate of drug-likeness (QED) is 0.554. The Kier molecular flexibility index (Phi) is 6.13. The number of nitrogens with zero attached hydrogens (tertiary/aromatic N) is 2. The molecule has 1 heterocycles. The second kappa shape index (κ2) is 8.57. The molecule has 0 aliphatic carbocycles. The highest BCUT2D eigenvalue weighted by molar-refractivity contribution is 6.30. The van der Waals surface area contributed by atoms with Crippen molar-refractivity contribution in [2.45, 2.75) is 33.1 Å². The molecular weight excluding hydrogens is 392 g/mol. The molecule has 0 aromatic heterocycles. The summed E-state index contributed by atoms with van der Waals surface area (Å²) < 4.78 is 0. The van der Waals surface area contributed by atoms with Gasteiger partial charge in [0.05, 0.1) is 0 Å². The Morgan fingerprint density at radius 2 is 1.52 bits per heavy atom. The summed E-state index contributed by atoms with van der Waals surface area (Å²) in [6.45, 7) is 3.41. The molecule has 1 aliphatic rings. The second-order valence-electron chi connectivity index (χ2n) is 7.04. The highest BCUT2D eigenvalue weighted by atomic mass is 35.5. The lowest BCUT2D eigenvalue weighted by atomic mass is 10.0. The largest absolute Gasteiger partial charge is 0.292 e. The molecule has 1 fully saturated rings. The van der Waals surface area contributed by atoms with E-state index >= 15 is 0 Å². The number of hydrogen-bond donors (Lipinski definition) is 0. The van der Waals surface area contributed by atoms with Gasteiger partial charge in [0, 0.05) is 29.0 Å². The van der Waals surface area contributed by atoms with E-state index in [0.29, 0.717) is 17.0 Å². The number of imide groups is 1. The molecule has 0 spiro atoms. The standard InChI is InChI=1S/C22H21ClN2O4/c1-14-6-7-17(12-15(14)2)19(26)13-24(25-20(27)4-3-5-21(25)28)22(29)16-8-10-18(23)11-9-16/h6-12H,3-5,13H2,1-2H3. The molecule has 2 aromatic rings. The van der Waals surface area contributed by atoms with Gasteiger partial charge in [-0.05, 0) is 61.7 Å². The Bertz CT molecular complexity index is 969. The van der Waals surface area contributed by atoms with E-state index in [-0.39, 0.29) is 24.2 Å². The van der Waals surface area contributed by atoms with E-state index in [1.165, 1.54) is 24.3 Å². The minimum atomic E-state index is -0.609. The molecule has 3 amide bonds. The van der Waals surface area contributed by atoms with Gasteiger partial charge in [-0.1, -0.05) is 23.7 Å². The van der Waals surface area contributed by atoms with Gasteiger partial charge in [-0.15, -0.1) is 0 Å². The van der Waals surface area contributed by atoms with Crippen LogP contribution in [0, 0.1) is 13.8 Å². The number of halogens is 1. The van der Waals surface area contributed by atoms with Gasteiger partial charge in [-0.3, -0.25) is 19.2 Å². The number of aryl methyl sites for hydroxylation is 2. The summed E-state index contributed by atoms with van der Waals surface area (Å²) in [5.74, 6) is -1.95. The van der Waals surface area contributed by atoms with Crippen LogP contribution in [0.2, 0.25) is 5.02 Å². The van der Waals surface area contributed by atoms with Crippen LogP contribution in [0.5, 0.6) is 0 Å². The molecule has 0 radical (unpaired) electrons. The first-order chi connectivity index (χ1) is 13.8. The maximum atomic E-state index is 13.1. The SMILES string of the molecule is Cc1ccc(C(=O)CN(C(=O)c2ccc(Cl)cc2)N2C(=O)CCCC2=O)cc1C. The van der Waals surface area contributed by atoms with E-state index in [1.807, 2.05) is 19.9 Å². The number of piperidine rings is 1. The molecule has 6 nitrogen and oxygen atoms in total. The van der Waals surface area contributed by atoms with Crippen LogP contribution >= 0.6 is 11.6 Å². The van der Waals surface area contributed by atoms with E-state index in [0.717, 1.165) is 21.1 Å². The predicted molar refractivity (Wildman–Crippen MR) is 108 cm³/mol. The van der Waals surface area contributed by atoms with Crippen LogP contribution < -0.4 is 0 Å². The average molecular weight is 413 g/mol. The first-order valence-electron chi connectivity index (χ1n) is 9.31. The zero-order valence-corrected chi connectivity index (χ0v) is 17.0. The molecule has 0 bridgehead atoms. The third-order valence-corrected chi connectivity index (χ3v) is 5.20. The molecule has 0 atom stereocenters. The van der Waals surface area contributed by atoms with E-state index in [9.17, 15) is 19.2 Å². The van der Waals surface area contributed by atoms with Crippen molar-refractivity contribution in [3.63, 3.8) is 0 Å². The summed E-state index contributed by atoms with van der Waals surface area (Å²) in [5, 5.41) is 2.22. The van der Waals surface area contributed by atoms with E-state index in [4.69, 9.17) is 11.6 Å². The number of Topliss-reactive ketones (excluding diaryl/α,β-unsaturated/α-hetero) is 1. The van der Waals surface area contributed by atoms with Crippen molar-refractivity contribution >= 4 is 35.1 Å². The Labute approximate surface area is 174 Å². The van der Waals surface area contributed by atoms with E-state index < -0.39 is 24.3 Å². The molecule has 3 rings (SSSR count). The zero-order valence-electron chi connectivity index (χ0n) is 16.3. The zero-order chi connectivity index (χ0) is 21.1. The van der Waals surface area contributed by atoms with Gasteiger partial charge in [0.2, 0.25) is 11.8 Å². The first-order valence-corrected chi connectivity index (χ1v) is 9.69. The van der Waals surface area contributed by atoms with Gasteiger partial charge in [0.25, 0.3) is 5.91 Å². The van der Waals surface area contributed by atoms with Gasteiger partial charge < -0.3 is 0 Å². The highest BCUT2D eigenvalue weighted by Crippen LogP contribution is 2.20. The summed E-state index contributed by atoms with van der Waals surface area (Å²) >= 11 is 5.89. The number of benzene rings is 2. The Morgan fingerprint density at radius 3 is 2.10 bits per heavy atom. The van der Waals surface area contributed by atoms with Gasteiger partial charge in [0.15, 0.2) is 5.78 Å². The summed E-state index contributed by atoms with van der Waals surface area (Å²) in [7, 11) is 0. The monoisotopic (exact) mass is 412 g/mol. The Morgan fingerprint density at radius 1 is 0.931 bits per heavy atom. The topological polar surface area (TPSA) is 74.8 Å². The van der Waals surface area contributed by atoms with Crippen LogP contribution in [0.3, 0.4) is 0 Å². The first kappa shape index (κ1) is 20.7. The number of carbonyl (C=O) groups excluding carboxylic acids is 4. The van der Waals surface area contributed by atoms with Crippen LogP contribution in [0.25, 0.3) is 0 Å². The summed E-state index contributed by atoms with van der Waals surface area (Å²) in [6, 6.07) is 11.3. The lowest BCUT2D eigenvalue weighted by molar-refractivity contribution is -0.162. The summed E-state index contributed by atoms with van der Waals surface area (Å²) in [5.41, 5.74) is 2.63. The molecule has 7 heteroatoms. The van der Waals surface area contributed by atoms with Crippen LogP contribution in [0.1, 0.15) is 51.1 Å². The minimum absolute atomic E-state index is 0.147. The average Bonchev–Trinajstić information content (AvgIpc) is 2.69. The van der Waals surface area contributed by atoms with Crippen LogP contribution in [0.4, 0.5) is 0 Å². The van der Waals surface area contributed by atoms with Crippen LogP contribution in [-0.2, 0) is 9.59 Å². The van der Waals surface area contributed by atoms with Gasteiger partial charge >= 0.3 is 0 Å². The van der Waals surface area contributed by atoms with Crippen molar-refractivity contribution < 1.29 is 19.2 Å². The van der Waals surface area contributed by atoms with Crippen molar-refractivity contribution in [3.8, 4) is 0 Å². The lowest BCUT2D eigenvalue weighted by Crippen LogP contribution is -2.56. The maximum Gasteiger partial charge on any atom is 0.273 e. The molecule has 0 saturated carbocycles. The number of hydrogen-bond acceptors (Lipinski definition) is 4. The molecule has 0 unspecified atom stereocenters. The summed E-state index contributed by atoms with van der Waals surface area (Å²) in [4.78, 5) is 50.9. The maximum absolute atomic E-state index is 13.1. The van der Waals surface area contributed by atoms with E-state index in [1.54, 1.807) is 12.1 Å². The van der Waals surface area contributed by atoms with Crippen molar-refractivity contribution in [2.75, 3.05) is 6.54 Å². The van der Waals surface area contributed by atoms with Crippen molar-refractivity contribution in [2.24, 2.45) is 0 Å². The molecule has 1 aliphatic heterocycles. The lowest BCUT2D eigenvalue weighted by Gasteiger charge is -2.35. The third kappa shape index (κ3) is 4.54. The smallest absolute Gasteiger partial charge is 0.273 e. The number of hydrazine groups is 1. The molecule has 1 saturated heterocycles. The molecule has 150 valence electrons. The third-order valence-electron chi connectivity index (χ3n) is 4.94. The number of carbonyl (C=O) groups is 4. The van der Waals surface area contributed by atoms with Crippen LogP contribution in [0.15, 0.2) is 42.5 Å². The Balaban J connectivity index is 1.95. The fraction of sp³-hybridized carbons (Fsp3) is 0.273.